The van der Waals surface area contributed by atoms with Gasteiger partial charge in [-0.2, -0.15) is 0 Å². The summed E-state index contributed by atoms with van der Waals surface area (Å²) in [4.78, 5) is 0. The van der Waals surface area contributed by atoms with E-state index in [0.29, 0.717) is 65.3 Å². The average molecular weight is 949 g/mol. The van der Waals surface area contributed by atoms with Crippen LogP contribution >= 0.6 is 0 Å². The van der Waals surface area contributed by atoms with Gasteiger partial charge in [-0.15, -0.1) is 0 Å². The first kappa shape index (κ1) is 46.4. The SMILES string of the molecule is CCCOc1c2cccc1Cc1cccc(c1OCCOc1c3ccccc3cc3ccccc13)Cc1cccc(c1OCCC)Cc1cccc(c1OCCOc1c3ccccc3cc3ccccc13)C2. The van der Waals surface area contributed by atoms with Gasteiger partial charge in [0.1, 0.15) is 60.9 Å². The zero-order valence-corrected chi connectivity index (χ0v) is 41.3. The predicted octanol–water partition coefficient (Wildman–Crippen LogP) is 15.5. The highest BCUT2D eigenvalue weighted by Crippen LogP contribution is 2.41. The van der Waals surface area contributed by atoms with Crippen molar-refractivity contribution in [3.8, 4) is 34.5 Å². The van der Waals surface area contributed by atoms with Crippen LogP contribution in [0.25, 0.3) is 43.1 Å². The summed E-state index contributed by atoms with van der Waals surface area (Å²) in [7, 11) is 0. The molecule has 0 heterocycles. The zero-order chi connectivity index (χ0) is 48.6. The summed E-state index contributed by atoms with van der Waals surface area (Å²) < 4.78 is 40.9. The van der Waals surface area contributed by atoms with Crippen molar-refractivity contribution in [1.29, 1.82) is 0 Å². The molecule has 0 fully saturated rings. The lowest BCUT2D eigenvalue weighted by molar-refractivity contribution is 0.218. The minimum Gasteiger partial charge on any atom is -0.493 e. The first-order chi connectivity index (χ1) is 35.6. The van der Waals surface area contributed by atoms with Gasteiger partial charge >= 0.3 is 0 Å². The molecule has 0 amide bonds. The van der Waals surface area contributed by atoms with Crippen LogP contribution < -0.4 is 28.4 Å². The van der Waals surface area contributed by atoms with Crippen molar-refractivity contribution >= 4 is 43.1 Å². The lowest BCUT2D eigenvalue weighted by Crippen LogP contribution is -2.13. The summed E-state index contributed by atoms with van der Waals surface area (Å²) in [5.74, 6) is 5.33. The third-order valence-corrected chi connectivity index (χ3v) is 13.7. The highest BCUT2D eigenvalue weighted by atomic mass is 16.5. The number of para-hydroxylation sites is 4. The Balaban J connectivity index is 0.947. The zero-order valence-electron chi connectivity index (χ0n) is 41.3. The molecule has 1 aliphatic rings. The first-order valence-corrected chi connectivity index (χ1v) is 25.6. The number of hydrogen-bond acceptors (Lipinski definition) is 6. The van der Waals surface area contributed by atoms with Crippen molar-refractivity contribution in [2.45, 2.75) is 52.4 Å². The van der Waals surface area contributed by atoms with Gasteiger partial charge in [-0.3, -0.25) is 0 Å². The molecule has 0 N–H and O–H groups in total. The van der Waals surface area contributed by atoms with Gasteiger partial charge in [0.2, 0.25) is 0 Å². The molecule has 0 saturated carbocycles. The van der Waals surface area contributed by atoms with Gasteiger partial charge in [-0.25, -0.2) is 0 Å². The highest BCUT2D eigenvalue weighted by Gasteiger charge is 2.22. The fourth-order valence-electron chi connectivity index (χ4n) is 10.5. The van der Waals surface area contributed by atoms with Crippen LogP contribution in [0.4, 0.5) is 0 Å². The van der Waals surface area contributed by atoms with E-state index in [-0.39, 0.29) is 0 Å². The molecule has 1 aliphatic carbocycles. The lowest BCUT2D eigenvalue weighted by Gasteiger charge is -2.23. The normalized spacial score (nSPS) is 12.2. The van der Waals surface area contributed by atoms with E-state index in [4.69, 9.17) is 28.4 Å². The van der Waals surface area contributed by atoms with Gasteiger partial charge in [0, 0.05) is 47.2 Å². The predicted molar refractivity (Wildman–Crippen MR) is 293 cm³/mol. The largest absolute Gasteiger partial charge is 0.493 e. The monoisotopic (exact) mass is 948 g/mol. The summed E-state index contributed by atoms with van der Waals surface area (Å²) >= 11 is 0. The minimum atomic E-state index is 0.362. The molecule has 10 aromatic rings. The molecule has 0 aromatic heterocycles. The molecule has 72 heavy (non-hydrogen) atoms. The molecule has 0 unspecified atom stereocenters. The van der Waals surface area contributed by atoms with Crippen LogP contribution in [-0.2, 0) is 25.7 Å². The number of hydrogen-bond donors (Lipinski definition) is 0. The summed E-state index contributed by atoms with van der Waals surface area (Å²) in [5, 5.41) is 8.97. The fourth-order valence-corrected chi connectivity index (χ4v) is 10.5. The van der Waals surface area contributed by atoms with Crippen molar-refractivity contribution in [2.75, 3.05) is 39.6 Å². The van der Waals surface area contributed by atoms with Crippen molar-refractivity contribution in [2.24, 2.45) is 0 Å². The van der Waals surface area contributed by atoms with E-state index >= 15 is 0 Å². The highest BCUT2D eigenvalue weighted by molar-refractivity contribution is 6.06. The molecule has 11 rings (SSSR count). The Morgan fingerprint density at radius 1 is 0.250 bits per heavy atom. The fraction of sp³-hybridized carbons (Fsp3) is 0.212. The van der Waals surface area contributed by atoms with Gasteiger partial charge < -0.3 is 28.4 Å². The number of rotatable bonds is 16. The van der Waals surface area contributed by atoms with Gasteiger partial charge in [0.25, 0.3) is 0 Å². The Kier molecular flexibility index (Phi) is 13.9. The molecule has 0 aliphatic heterocycles. The third kappa shape index (κ3) is 9.74. The molecular formula is C66H60O6. The molecule has 6 heteroatoms. The van der Waals surface area contributed by atoms with E-state index in [2.05, 4.69) is 196 Å². The number of benzene rings is 10. The average Bonchev–Trinajstić information content (AvgIpc) is 3.41. The quantitative estimate of drug-likeness (QED) is 0.0710. The van der Waals surface area contributed by atoms with Crippen LogP contribution in [0, 0.1) is 0 Å². The number of fused-ring (bicyclic) bond motifs is 12. The molecule has 6 nitrogen and oxygen atoms in total. The Morgan fingerprint density at radius 2 is 0.472 bits per heavy atom. The van der Waals surface area contributed by atoms with Crippen LogP contribution in [-0.4, -0.2) is 39.6 Å². The van der Waals surface area contributed by atoms with E-state index in [0.717, 1.165) is 135 Å². The maximum absolute atomic E-state index is 6.98. The van der Waals surface area contributed by atoms with Gasteiger partial charge in [0.05, 0.1) is 13.2 Å². The van der Waals surface area contributed by atoms with Crippen LogP contribution in [0.5, 0.6) is 34.5 Å². The molecular weight excluding hydrogens is 889 g/mol. The molecule has 0 saturated heterocycles. The Bertz CT molecular complexity index is 3110. The molecule has 360 valence electrons. The molecule has 10 aromatic carbocycles. The maximum Gasteiger partial charge on any atom is 0.135 e. The summed E-state index contributed by atoms with van der Waals surface area (Å²) in [5.41, 5.74) is 8.79. The molecule has 0 spiro atoms. The van der Waals surface area contributed by atoms with Crippen LogP contribution in [0.3, 0.4) is 0 Å². The second-order valence-corrected chi connectivity index (χ2v) is 18.7. The second-order valence-electron chi connectivity index (χ2n) is 18.7. The van der Waals surface area contributed by atoms with Crippen molar-refractivity contribution in [3.63, 3.8) is 0 Å². The van der Waals surface area contributed by atoms with Crippen LogP contribution in [0.2, 0.25) is 0 Å². The van der Waals surface area contributed by atoms with Crippen LogP contribution in [0.15, 0.2) is 182 Å². The van der Waals surface area contributed by atoms with E-state index in [1.807, 2.05) is 0 Å². The van der Waals surface area contributed by atoms with E-state index in [1.165, 1.54) is 0 Å². The van der Waals surface area contributed by atoms with E-state index in [1.54, 1.807) is 0 Å². The lowest BCUT2D eigenvalue weighted by atomic mass is 9.91. The third-order valence-electron chi connectivity index (χ3n) is 13.7. The molecule has 0 atom stereocenters. The van der Waals surface area contributed by atoms with Crippen molar-refractivity contribution in [1.82, 2.24) is 0 Å². The van der Waals surface area contributed by atoms with Crippen molar-refractivity contribution in [3.05, 3.63) is 226 Å². The summed E-state index contributed by atoms with van der Waals surface area (Å²) in [6.45, 7) is 7.00. The smallest absolute Gasteiger partial charge is 0.135 e. The Labute approximate surface area is 422 Å². The summed E-state index contributed by atoms with van der Waals surface area (Å²) in [6.07, 6.45) is 4.25. The standard InChI is InChI=1S/C66H60O6/c1-3-33-67-61-49-21-13-22-50(61)42-54-26-16-28-56(64(54)70-36-38-72-66-59-31-11-7-19-47(59)40-48-20-8-12-32-60(48)66)44-52-24-14-23-51(62(52)68-34-4-2)43-55-27-15-25-53(41-49)63(55)69-35-37-71-65-57-29-9-5-17-45(57)39-46-18-6-10-30-58(46)65/h5-32,39-40H,3-4,33-38,41-44H2,1-2H3. The maximum atomic E-state index is 6.98. The first-order valence-electron chi connectivity index (χ1n) is 25.6. The van der Waals surface area contributed by atoms with Crippen molar-refractivity contribution < 1.29 is 28.4 Å². The van der Waals surface area contributed by atoms with Crippen LogP contribution in [0.1, 0.15) is 71.2 Å². The topological polar surface area (TPSA) is 55.4 Å². The Hall–Kier alpha value is -7.96. The molecule has 0 radical (unpaired) electrons. The van der Waals surface area contributed by atoms with Gasteiger partial charge in [-0.05, 0) is 91.0 Å². The number of ether oxygens (including phenoxy) is 6. The molecule has 8 bridgehead atoms. The van der Waals surface area contributed by atoms with E-state index < -0.39 is 0 Å². The Morgan fingerprint density at radius 3 is 0.722 bits per heavy atom. The van der Waals surface area contributed by atoms with Gasteiger partial charge in [0.15, 0.2) is 0 Å². The van der Waals surface area contributed by atoms with E-state index in [9.17, 15) is 0 Å². The minimum absolute atomic E-state index is 0.362. The second kappa shape index (κ2) is 21.6. The summed E-state index contributed by atoms with van der Waals surface area (Å²) in [6, 6.07) is 64.4. The van der Waals surface area contributed by atoms with Gasteiger partial charge in [-0.1, -0.05) is 184 Å².